The van der Waals surface area contributed by atoms with Gasteiger partial charge in [0.05, 0.1) is 13.7 Å². The first-order valence-corrected chi connectivity index (χ1v) is 7.54. The molecule has 0 aliphatic rings. The van der Waals surface area contributed by atoms with E-state index in [1.165, 1.54) is 0 Å². The van der Waals surface area contributed by atoms with Crippen LogP contribution in [0.1, 0.15) is 11.1 Å². The SMILES string of the molecule is COc1cccc(NC(=O)NCC(=O)Nc2ccc(C)cc2C)c1. The number of methoxy groups -OCH3 is 1. The number of hydrogen-bond acceptors (Lipinski definition) is 3. The van der Waals surface area contributed by atoms with Crippen molar-refractivity contribution in [3.8, 4) is 5.75 Å². The zero-order chi connectivity index (χ0) is 17.5. The van der Waals surface area contributed by atoms with Crippen LogP contribution in [-0.2, 0) is 4.79 Å². The van der Waals surface area contributed by atoms with E-state index in [4.69, 9.17) is 4.74 Å². The molecule has 24 heavy (non-hydrogen) atoms. The fraction of sp³-hybridized carbons (Fsp3) is 0.222. The fourth-order valence-electron chi connectivity index (χ4n) is 2.18. The molecule has 2 rings (SSSR count). The van der Waals surface area contributed by atoms with Crippen molar-refractivity contribution in [1.29, 1.82) is 0 Å². The quantitative estimate of drug-likeness (QED) is 0.789. The average Bonchev–Trinajstić information content (AvgIpc) is 2.56. The van der Waals surface area contributed by atoms with Crippen molar-refractivity contribution in [3.63, 3.8) is 0 Å². The van der Waals surface area contributed by atoms with Crippen LogP contribution in [-0.4, -0.2) is 25.6 Å². The van der Waals surface area contributed by atoms with Gasteiger partial charge in [-0.25, -0.2) is 4.79 Å². The number of hydrogen-bond donors (Lipinski definition) is 3. The smallest absolute Gasteiger partial charge is 0.319 e. The Labute approximate surface area is 141 Å². The van der Waals surface area contributed by atoms with Gasteiger partial charge in [-0.15, -0.1) is 0 Å². The summed E-state index contributed by atoms with van der Waals surface area (Å²) in [6.45, 7) is 3.79. The van der Waals surface area contributed by atoms with Crippen molar-refractivity contribution in [2.45, 2.75) is 13.8 Å². The van der Waals surface area contributed by atoms with E-state index in [0.717, 1.165) is 16.8 Å². The number of carbonyl (C=O) groups excluding carboxylic acids is 2. The van der Waals surface area contributed by atoms with Gasteiger partial charge in [-0.2, -0.15) is 0 Å². The molecule has 0 fully saturated rings. The Balaban J connectivity index is 1.83. The van der Waals surface area contributed by atoms with E-state index in [2.05, 4.69) is 16.0 Å². The lowest BCUT2D eigenvalue weighted by atomic mass is 10.1. The number of amides is 3. The molecule has 0 aliphatic carbocycles. The van der Waals surface area contributed by atoms with Gasteiger partial charge in [0.2, 0.25) is 5.91 Å². The minimum atomic E-state index is -0.459. The summed E-state index contributed by atoms with van der Waals surface area (Å²) in [5, 5.41) is 7.93. The predicted octanol–water partition coefficient (Wildman–Crippen LogP) is 3.07. The van der Waals surface area contributed by atoms with Crippen LogP contribution >= 0.6 is 0 Å². The van der Waals surface area contributed by atoms with E-state index in [-0.39, 0.29) is 12.5 Å². The molecule has 3 amide bonds. The lowest BCUT2D eigenvalue weighted by molar-refractivity contribution is -0.115. The molecular formula is C18H21N3O3. The lowest BCUT2D eigenvalue weighted by Crippen LogP contribution is -2.35. The van der Waals surface area contributed by atoms with Gasteiger partial charge in [0, 0.05) is 17.4 Å². The second-order valence-corrected chi connectivity index (χ2v) is 5.41. The maximum Gasteiger partial charge on any atom is 0.319 e. The van der Waals surface area contributed by atoms with Crippen molar-refractivity contribution in [3.05, 3.63) is 53.6 Å². The molecule has 0 saturated heterocycles. The van der Waals surface area contributed by atoms with E-state index >= 15 is 0 Å². The molecule has 2 aromatic rings. The first kappa shape index (κ1) is 17.3. The molecule has 0 radical (unpaired) electrons. The molecule has 0 spiro atoms. The van der Waals surface area contributed by atoms with E-state index in [9.17, 15) is 9.59 Å². The second-order valence-electron chi connectivity index (χ2n) is 5.41. The largest absolute Gasteiger partial charge is 0.497 e. The highest BCUT2D eigenvalue weighted by Gasteiger charge is 2.08. The molecular weight excluding hydrogens is 306 g/mol. The summed E-state index contributed by atoms with van der Waals surface area (Å²) >= 11 is 0. The number of benzene rings is 2. The first-order chi connectivity index (χ1) is 11.5. The summed E-state index contributed by atoms with van der Waals surface area (Å²) in [5.74, 6) is 0.350. The number of carbonyl (C=O) groups is 2. The molecule has 2 aromatic carbocycles. The van der Waals surface area contributed by atoms with Gasteiger partial charge in [0.15, 0.2) is 0 Å². The standard InChI is InChI=1S/C18H21N3O3/c1-12-7-8-16(13(2)9-12)21-17(22)11-19-18(23)20-14-5-4-6-15(10-14)24-3/h4-10H,11H2,1-3H3,(H,21,22)(H2,19,20,23). The minimum absolute atomic E-state index is 0.122. The summed E-state index contributed by atoms with van der Waals surface area (Å²) in [4.78, 5) is 23.8. The summed E-state index contributed by atoms with van der Waals surface area (Å²) in [5.41, 5.74) is 3.42. The molecule has 0 aliphatic heterocycles. The van der Waals surface area contributed by atoms with Crippen molar-refractivity contribution in [1.82, 2.24) is 5.32 Å². The third-order valence-electron chi connectivity index (χ3n) is 3.39. The predicted molar refractivity (Wildman–Crippen MR) is 94.6 cm³/mol. The number of nitrogens with one attached hydrogen (secondary N) is 3. The summed E-state index contributed by atoms with van der Waals surface area (Å²) in [7, 11) is 1.55. The van der Waals surface area contributed by atoms with Crippen LogP contribution in [0.15, 0.2) is 42.5 Å². The molecule has 126 valence electrons. The fourth-order valence-corrected chi connectivity index (χ4v) is 2.18. The third-order valence-corrected chi connectivity index (χ3v) is 3.39. The van der Waals surface area contributed by atoms with Gasteiger partial charge < -0.3 is 20.7 Å². The molecule has 0 heterocycles. The van der Waals surface area contributed by atoms with E-state index in [0.29, 0.717) is 11.4 Å². The Hall–Kier alpha value is -3.02. The van der Waals surface area contributed by atoms with Gasteiger partial charge in [-0.05, 0) is 37.6 Å². The molecule has 0 aromatic heterocycles. The molecule has 3 N–H and O–H groups in total. The van der Waals surface area contributed by atoms with Crippen molar-refractivity contribution >= 4 is 23.3 Å². The van der Waals surface area contributed by atoms with Crippen molar-refractivity contribution in [2.75, 3.05) is 24.3 Å². The Morgan fingerprint density at radius 3 is 2.54 bits per heavy atom. The molecule has 0 bridgehead atoms. The normalized spacial score (nSPS) is 9.96. The van der Waals surface area contributed by atoms with Gasteiger partial charge in [-0.1, -0.05) is 23.8 Å². The van der Waals surface area contributed by atoms with E-state index in [1.807, 2.05) is 32.0 Å². The van der Waals surface area contributed by atoms with Gasteiger partial charge in [0.1, 0.15) is 5.75 Å². The number of rotatable bonds is 5. The van der Waals surface area contributed by atoms with Crippen molar-refractivity contribution < 1.29 is 14.3 Å². The van der Waals surface area contributed by atoms with E-state index < -0.39 is 6.03 Å². The molecule has 0 saturated carbocycles. The zero-order valence-electron chi connectivity index (χ0n) is 14.0. The summed E-state index contributed by atoms with van der Waals surface area (Å²) < 4.78 is 5.08. The number of aryl methyl sites for hydroxylation is 2. The van der Waals surface area contributed by atoms with Crippen LogP contribution in [0.3, 0.4) is 0 Å². The van der Waals surface area contributed by atoms with Crippen LogP contribution in [0, 0.1) is 13.8 Å². The maximum atomic E-state index is 11.9. The highest BCUT2D eigenvalue weighted by atomic mass is 16.5. The Morgan fingerprint density at radius 1 is 1.04 bits per heavy atom. The van der Waals surface area contributed by atoms with E-state index in [1.54, 1.807) is 31.4 Å². The summed E-state index contributed by atoms with van der Waals surface area (Å²) in [6.07, 6.45) is 0. The zero-order valence-corrected chi connectivity index (χ0v) is 14.0. The summed E-state index contributed by atoms with van der Waals surface area (Å²) in [6, 6.07) is 12.3. The van der Waals surface area contributed by atoms with Crippen LogP contribution in [0.25, 0.3) is 0 Å². The minimum Gasteiger partial charge on any atom is -0.497 e. The Morgan fingerprint density at radius 2 is 1.83 bits per heavy atom. The number of urea groups is 1. The molecule has 6 heteroatoms. The Bertz CT molecular complexity index is 744. The van der Waals surface area contributed by atoms with Crippen LogP contribution in [0.4, 0.5) is 16.2 Å². The van der Waals surface area contributed by atoms with Gasteiger partial charge >= 0.3 is 6.03 Å². The molecule has 6 nitrogen and oxygen atoms in total. The highest BCUT2D eigenvalue weighted by molar-refractivity contribution is 5.97. The number of anilines is 2. The average molecular weight is 327 g/mol. The van der Waals surface area contributed by atoms with Crippen LogP contribution in [0.2, 0.25) is 0 Å². The monoisotopic (exact) mass is 327 g/mol. The molecule has 0 unspecified atom stereocenters. The van der Waals surface area contributed by atoms with Gasteiger partial charge in [0.25, 0.3) is 0 Å². The third kappa shape index (κ3) is 5.01. The van der Waals surface area contributed by atoms with Crippen LogP contribution in [0.5, 0.6) is 5.75 Å². The maximum absolute atomic E-state index is 11.9. The van der Waals surface area contributed by atoms with Crippen molar-refractivity contribution in [2.24, 2.45) is 0 Å². The Kier molecular flexibility index (Phi) is 5.78. The number of ether oxygens (including phenoxy) is 1. The second kappa shape index (κ2) is 8.01. The lowest BCUT2D eigenvalue weighted by Gasteiger charge is -2.11. The first-order valence-electron chi connectivity index (χ1n) is 7.54. The highest BCUT2D eigenvalue weighted by Crippen LogP contribution is 2.17. The topological polar surface area (TPSA) is 79.5 Å². The van der Waals surface area contributed by atoms with Crippen LogP contribution < -0.4 is 20.7 Å². The van der Waals surface area contributed by atoms with Gasteiger partial charge in [-0.3, -0.25) is 4.79 Å². The molecule has 0 atom stereocenters.